The van der Waals surface area contributed by atoms with E-state index in [1.54, 1.807) is 11.7 Å². The van der Waals surface area contributed by atoms with Crippen LogP contribution in [-0.2, 0) is 23.2 Å². The first-order valence-corrected chi connectivity index (χ1v) is 9.71. The van der Waals surface area contributed by atoms with Crippen molar-refractivity contribution in [3.05, 3.63) is 67.7 Å². The van der Waals surface area contributed by atoms with Gasteiger partial charge in [-0.3, -0.25) is 13.9 Å². The second kappa shape index (κ2) is 6.52. The molecule has 2 heterocycles. The van der Waals surface area contributed by atoms with Gasteiger partial charge in [-0.2, -0.15) is 0 Å². The minimum Gasteiger partial charge on any atom is -0.383 e. The van der Waals surface area contributed by atoms with Crippen molar-refractivity contribution < 1.29 is 4.74 Å². The highest BCUT2D eigenvalue weighted by atomic mass is 32.1. The van der Waals surface area contributed by atoms with Gasteiger partial charge >= 0.3 is 5.69 Å². The summed E-state index contributed by atoms with van der Waals surface area (Å²) in [5.74, 6) is 0. The predicted molar refractivity (Wildman–Crippen MR) is 104 cm³/mol. The zero-order valence-corrected chi connectivity index (χ0v) is 15.8. The normalized spacial score (nSPS) is 15.5. The molecule has 0 amide bonds. The zero-order chi connectivity index (χ0) is 18.3. The average molecular weight is 370 g/mol. The van der Waals surface area contributed by atoms with E-state index in [4.69, 9.17) is 4.74 Å². The van der Waals surface area contributed by atoms with Crippen LogP contribution in [0.2, 0.25) is 0 Å². The average Bonchev–Trinajstić information content (AvgIpc) is 3.35. The molecule has 1 saturated carbocycles. The minimum atomic E-state index is -0.233. The van der Waals surface area contributed by atoms with Crippen molar-refractivity contribution in [1.29, 1.82) is 0 Å². The highest BCUT2D eigenvalue weighted by Crippen LogP contribution is 2.49. The molecule has 2 aromatic heterocycles. The van der Waals surface area contributed by atoms with Crippen LogP contribution in [0, 0.1) is 6.92 Å². The van der Waals surface area contributed by atoms with Crippen molar-refractivity contribution in [2.75, 3.05) is 13.7 Å². The number of thiophene rings is 1. The van der Waals surface area contributed by atoms with Crippen LogP contribution in [0.3, 0.4) is 0 Å². The highest BCUT2D eigenvalue weighted by molar-refractivity contribution is 7.17. The molecule has 3 aromatic rings. The van der Waals surface area contributed by atoms with Gasteiger partial charge in [-0.25, -0.2) is 4.79 Å². The third-order valence-electron chi connectivity index (χ3n) is 5.34. The molecule has 136 valence electrons. The van der Waals surface area contributed by atoms with Gasteiger partial charge in [-0.1, -0.05) is 30.3 Å². The molecular formula is C20H22N2O3S. The van der Waals surface area contributed by atoms with Gasteiger partial charge in [-0.15, -0.1) is 11.3 Å². The minimum absolute atomic E-state index is 0.0963. The SMILES string of the molecule is COCCn1c(=O)n(CC2(c3ccccc3)CC2)c(=O)c2c(C)csc21. The third-order valence-corrected chi connectivity index (χ3v) is 6.46. The lowest BCUT2D eigenvalue weighted by Crippen LogP contribution is -2.42. The Morgan fingerprint density at radius 2 is 1.88 bits per heavy atom. The van der Waals surface area contributed by atoms with E-state index in [1.807, 2.05) is 30.5 Å². The van der Waals surface area contributed by atoms with Crippen LogP contribution in [0.15, 0.2) is 45.3 Å². The molecule has 0 aliphatic heterocycles. The number of methoxy groups -OCH3 is 1. The zero-order valence-electron chi connectivity index (χ0n) is 15.0. The van der Waals surface area contributed by atoms with Gasteiger partial charge in [0.25, 0.3) is 5.56 Å². The number of rotatable bonds is 6. The van der Waals surface area contributed by atoms with E-state index in [0.29, 0.717) is 25.1 Å². The molecule has 26 heavy (non-hydrogen) atoms. The van der Waals surface area contributed by atoms with E-state index in [9.17, 15) is 9.59 Å². The summed E-state index contributed by atoms with van der Waals surface area (Å²) in [6.07, 6.45) is 2.00. The lowest BCUT2D eigenvalue weighted by Gasteiger charge is -2.18. The highest BCUT2D eigenvalue weighted by Gasteiger charge is 2.45. The molecule has 0 atom stereocenters. The molecule has 1 fully saturated rings. The molecule has 0 bridgehead atoms. The number of aromatic nitrogens is 2. The fraction of sp³-hybridized carbons (Fsp3) is 0.400. The van der Waals surface area contributed by atoms with Gasteiger partial charge in [0, 0.05) is 19.1 Å². The quantitative estimate of drug-likeness (QED) is 0.670. The largest absolute Gasteiger partial charge is 0.383 e. The van der Waals surface area contributed by atoms with Gasteiger partial charge in [0.2, 0.25) is 0 Å². The Bertz CT molecular complexity index is 1060. The standard InChI is InChI=1S/C20H22N2O3S/c1-14-12-26-18-16(14)17(23)22(19(24)21(18)10-11-25-2)13-20(8-9-20)15-6-4-3-5-7-15/h3-7,12H,8-11,13H2,1-2H3. The van der Waals surface area contributed by atoms with Gasteiger partial charge in [0.05, 0.1) is 18.5 Å². The number of ether oxygens (including phenoxy) is 1. The molecule has 0 spiro atoms. The molecule has 1 aliphatic carbocycles. The van der Waals surface area contributed by atoms with Crippen molar-refractivity contribution in [3.8, 4) is 0 Å². The summed E-state index contributed by atoms with van der Waals surface area (Å²) in [5.41, 5.74) is 1.64. The van der Waals surface area contributed by atoms with Gasteiger partial charge in [-0.05, 0) is 36.3 Å². The monoisotopic (exact) mass is 370 g/mol. The molecule has 0 unspecified atom stereocenters. The summed E-state index contributed by atoms with van der Waals surface area (Å²) in [5, 5.41) is 2.61. The van der Waals surface area contributed by atoms with Crippen LogP contribution in [0.25, 0.3) is 10.2 Å². The molecule has 0 N–H and O–H groups in total. The van der Waals surface area contributed by atoms with Crippen molar-refractivity contribution in [1.82, 2.24) is 9.13 Å². The topological polar surface area (TPSA) is 53.2 Å². The Hall–Kier alpha value is -2.18. The van der Waals surface area contributed by atoms with Crippen LogP contribution in [0.1, 0.15) is 24.0 Å². The number of fused-ring (bicyclic) bond motifs is 1. The Morgan fingerprint density at radius 1 is 1.15 bits per heavy atom. The van der Waals surface area contributed by atoms with Crippen LogP contribution in [-0.4, -0.2) is 22.9 Å². The first-order valence-electron chi connectivity index (χ1n) is 8.83. The van der Waals surface area contributed by atoms with Crippen molar-refractivity contribution >= 4 is 21.6 Å². The molecule has 4 rings (SSSR count). The van der Waals surface area contributed by atoms with E-state index >= 15 is 0 Å². The fourth-order valence-electron chi connectivity index (χ4n) is 3.65. The molecule has 1 aliphatic rings. The summed E-state index contributed by atoms with van der Waals surface area (Å²) >= 11 is 1.45. The summed E-state index contributed by atoms with van der Waals surface area (Å²) in [6.45, 7) is 3.26. The van der Waals surface area contributed by atoms with E-state index in [2.05, 4.69) is 12.1 Å². The Morgan fingerprint density at radius 3 is 2.54 bits per heavy atom. The summed E-state index contributed by atoms with van der Waals surface area (Å²) in [6, 6.07) is 10.2. The maximum absolute atomic E-state index is 13.1. The summed E-state index contributed by atoms with van der Waals surface area (Å²) in [4.78, 5) is 27.0. The maximum atomic E-state index is 13.1. The number of nitrogens with zero attached hydrogens (tertiary/aromatic N) is 2. The summed E-state index contributed by atoms with van der Waals surface area (Å²) in [7, 11) is 1.62. The van der Waals surface area contributed by atoms with Crippen LogP contribution in [0.5, 0.6) is 0 Å². The number of aryl methyl sites for hydroxylation is 1. The Kier molecular flexibility index (Phi) is 4.32. The molecule has 0 saturated heterocycles. The van der Waals surface area contributed by atoms with E-state index in [0.717, 1.165) is 23.2 Å². The number of hydrogen-bond donors (Lipinski definition) is 0. The number of benzene rings is 1. The smallest absolute Gasteiger partial charge is 0.332 e. The first kappa shape index (κ1) is 17.2. The van der Waals surface area contributed by atoms with Crippen molar-refractivity contribution in [2.24, 2.45) is 0 Å². The Labute approximate surface area is 155 Å². The number of hydrogen-bond acceptors (Lipinski definition) is 4. The fourth-order valence-corrected chi connectivity index (χ4v) is 4.72. The molecule has 5 nitrogen and oxygen atoms in total. The van der Waals surface area contributed by atoms with Gasteiger partial charge < -0.3 is 4.74 Å². The van der Waals surface area contributed by atoms with Crippen LogP contribution < -0.4 is 11.2 Å². The maximum Gasteiger partial charge on any atom is 0.332 e. The van der Waals surface area contributed by atoms with E-state index in [1.165, 1.54) is 21.5 Å². The second-order valence-electron chi connectivity index (χ2n) is 7.06. The van der Waals surface area contributed by atoms with E-state index in [-0.39, 0.29) is 16.7 Å². The van der Waals surface area contributed by atoms with E-state index < -0.39 is 0 Å². The van der Waals surface area contributed by atoms with Crippen LogP contribution >= 0.6 is 11.3 Å². The predicted octanol–water partition coefficient (Wildman–Crippen LogP) is 2.91. The molecule has 1 aromatic carbocycles. The van der Waals surface area contributed by atoms with Crippen molar-refractivity contribution in [2.45, 2.75) is 38.3 Å². The molecule has 0 radical (unpaired) electrons. The Balaban J connectivity index is 1.86. The lowest BCUT2D eigenvalue weighted by atomic mass is 9.96. The van der Waals surface area contributed by atoms with Crippen LogP contribution in [0.4, 0.5) is 0 Å². The van der Waals surface area contributed by atoms with Gasteiger partial charge in [0.1, 0.15) is 4.83 Å². The second-order valence-corrected chi connectivity index (χ2v) is 7.92. The first-order chi connectivity index (χ1) is 12.6. The summed E-state index contributed by atoms with van der Waals surface area (Å²) < 4.78 is 8.30. The third kappa shape index (κ3) is 2.73. The molecule has 6 heteroatoms. The lowest BCUT2D eigenvalue weighted by molar-refractivity contribution is 0.186. The molecular weight excluding hydrogens is 348 g/mol. The van der Waals surface area contributed by atoms with Crippen molar-refractivity contribution in [3.63, 3.8) is 0 Å². The van der Waals surface area contributed by atoms with Gasteiger partial charge in [0.15, 0.2) is 0 Å².